The maximum Gasteiger partial charge on any atom is 0.249 e. The van der Waals surface area contributed by atoms with Crippen LogP contribution in [0.25, 0.3) is 0 Å². The monoisotopic (exact) mass is 436 g/mol. The van der Waals surface area contributed by atoms with Crippen LogP contribution in [0.1, 0.15) is 54.8 Å². The molecular formula is C24H22F2N4O2. The van der Waals surface area contributed by atoms with Crippen LogP contribution in [0.15, 0.2) is 36.4 Å². The largest absolute Gasteiger partial charge is 0.382 e. The number of benzene rings is 2. The highest BCUT2D eigenvalue weighted by atomic mass is 19.1. The van der Waals surface area contributed by atoms with Crippen molar-refractivity contribution < 1.29 is 18.4 Å². The molecule has 1 atom stereocenters. The number of nitrogens with zero attached hydrogens (tertiary/aromatic N) is 3. The maximum absolute atomic E-state index is 13.9. The van der Waals surface area contributed by atoms with Crippen molar-refractivity contribution in [2.45, 2.75) is 44.2 Å². The number of carbonyl (C=O) groups excluding carboxylic acids is 1. The fraction of sp³-hybridized carbons (Fsp3) is 0.375. The molecule has 6 nitrogen and oxygen atoms in total. The molecular weight excluding hydrogens is 414 g/mol. The Balaban J connectivity index is 1.39. The first-order valence-corrected chi connectivity index (χ1v) is 10.6. The summed E-state index contributed by atoms with van der Waals surface area (Å²) in [6.07, 6.45) is 3.24. The first kappa shape index (κ1) is 21.7. The number of carbonyl (C=O) groups is 1. The summed E-state index contributed by atoms with van der Waals surface area (Å²) in [7, 11) is 0. The van der Waals surface area contributed by atoms with Gasteiger partial charge in [0.2, 0.25) is 5.91 Å². The highest BCUT2D eigenvalue weighted by Crippen LogP contribution is 2.36. The first-order valence-electron chi connectivity index (χ1n) is 10.6. The molecule has 8 heteroatoms. The fourth-order valence-corrected chi connectivity index (χ4v) is 4.50. The third-order valence-corrected chi connectivity index (χ3v) is 6.03. The van der Waals surface area contributed by atoms with E-state index in [1.807, 2.05) is 12.1 Å². The van der Waals surface area contributed by atoms with Crippen LogP contribution in [0.3, 0.4) is 0 Å². The molecule has 0 unspecified atom stereocenters. The second kappa shape index (κ2) is 9.33. The number of hydrogen-bond donors (Lipinski definition) is 1. The average molecular weight is 436 g/mol. The number of halogens is 2. The van der Waals surface area contributed by atoms with Crippen molar-refractivity contribution in [1.82, 2.24) is 5.06 Å². The van der Waals surface area contributed by atoms with Gasteiger partial charge in [-0.2, -0.15) is 10.5 Å². The highest BCUT2D eigenvalue weighted by molar-refractivity contribution is 5.78. The lowest BCUT2D eigenvalue weighted by atomic mass is 9.85. The van der Waals surface area contributed by atoms with Crippen LogP contribution in [-0.2, 0) is 9.63 Å². The summed E-state index contributed by atoms with van der Waals surface area (Å²) in [6.45, 7) is 0.354. The zero-order chi connectivity index (χ0) is 22.7. The van der Waals surface area contributed by atoms with Crippen molar-refractivity contribution in [2.75, 3.05) is 11.9 Å². The van der Waals surface area contributed by atoms with Gasteiger partial charge in [-0.3, -0.25) is 9.63 Å². The van der Waals surface area contributed by atoms with Gasteiger partial charge < -0.3 is 5.32 Å². The van der Waals surface area contributed by atoms with E-state index in [1.54, 1.807) is 12.1 Å². The van der Waals surface area contributed by atoms with E-state index in [-0.39, 0.29) is 29.0 Å². The molecule has 0 radical (unpaired) electrons. The maximum atomic E-state index is 13.9. The molecule has 2 fully saturated rings. The van der Waals surface area contributed by atoms with Gasteiger partial charge in [0.15, 0.2) is 0 Å². The molecule has 2 aliphatic rings. The second-order valence-electron chi connectivity index (χ2n) is 8.22. The van der Waals surface area contributed by atoms with E-state index >= 15 is 0 Å². The van der Waals surface area contributed by atoms with E-state index in [0.29, 0.717) is 50.0 Å². The van der Waals surface area contributed by atoms with E-state index in [4.69, 9.17) is 15.4 Å². The summed E-state index contributed by atoms with van der Waals surface area (Å²) in [5.74, 6) is -1.34. The second-order valence-corrected chi connectivity index (χ2v) is 8.22. The molecule has 164 valence electrons. The van der Waals surface area contributed by atoms with Crippen LogP contribution in [0.5, 0.6) is 0 Å². The Morgan fingerprint density at radius 1 is 0.938 bits per heavy atom. The summed E-state index contributed by atoms with van der Waals surface area (Å²) in [5.41, 5.74) is 1.58. The molecule has 32 heavy (non-hydrogen) atoms. The smallest absolute Gasteiger partial charge is 0.249 e. The van der Waals surface area contributed by atoms with Crippen LogP contribution in [0.4, 0.5) is 14.5 Å². The zero-order valence-corrected chi connectivity index (χ0v) is 17.4. The topological polar surface area (TPSA) is 89.2 Å². The molecule has 0 aromatic heterocycles. The number of nitriles is 2. The Hall–Kier alpha value is -3.49. The molecule has 1 saturated heterocycles. The molecule has 1 saturated carbocycles. The van der Waals surface area contributed by atoms with Crippen molar-refractivity contribution in [3.05, 3.63) is 64.7 Å². The Kier molecular flexibility index (Phi) is 6.34. The van der Waals surface area contributed by atoms with Gasteiger partial charge in [0, 0.05) is 24.1 Å². The van der Waals surface area contributed by atoms with Crippen molar-refractivity contribution >= 4 is 11.6 Å². The minimum Gasteiger partial charge on any atom is -0.382 e. The highest BCUT2D eigenvalue weighted by Gasteiger charge is 2.37. The Morgan fingerprint density at radius 3 is 2.28 bits per heavy atom. The van der Waals surface area contributed by atoms with Gasteiger partial charge >= 0.3 is 0 Å². The summed E-state index contributed by atoms with van der Waals surface area (Å²) < 4.78 is 27.6. The standard InChI is InChI=1S/C24H22F2N4O2/c25-19-8-15(13-27)7-18(11-19)23-5-6-32-30(23)24(31)17-1-3-21(4-2-17)29-22-10-16(14-28)9-20(26)12-22/h7-12,17,21,23,29H,1-6H2/t17?,21?,23-/m0/s1. The van der Waals surface area contributed by atoms with Crippen molar-refractivity contribution in [2.24, 2.45) is 5.92 Å². The third-order valence-electron chi connectivity index (χ3n) is 6.03. The number of amides is 1. The molecule has 0 spiro atoms. The van der Waals surface area contributed by atoms with E-state index in [9.17, 15) is 13.6 Å². The number of rotatable bonds is 4. The van der Waals surface area contributed by atoms with Crippen LogP contribution in [0.2, 0.25) is 0 Å². The number of hydrogen-bond acceptors (Lipinski definition) is 5. The fourth-order valence-electron chi connectivity index (χ4n) is 4.50. The van der Waals surface area contributed by atoms with Gasteiger partial charge in [0.1, 0.15) is 11.6 Å². The zero-order valence-electron chi connectivity index (χ0n) is 17.4. The number of hydroxylamine groups is 2. The lowest BCUT2D eigenvalue weighted by molar-refractivity contribution is -0.182. The first-order chi connectivity index (χ1) is 15.5. The third kappa shape index (κ3) is 4.71. The van der Waals surface area contributed by atoms with Gasteiger partial charge in [0.05, 0.1) is 35.9 Å². The van der Waals surface area contributed by atoms with Gasteiger partial charge in [-0.25, -0.2) is 13.8 Å². The minimum absolute atomic E-state index is 0.0732. The van der Waals surface area contributed by atoms with E-state index in [2.05, 4.69) is 5.32 Å². The van der Waals surface area contributed by atoms with E-state index in [1.165, 1.54) is 23.3 Å². The molecule has 4 rings (SSSR count). The SMILES string of the molecule is N#Cc1cc(F)cc(NC2CCC(C(=O)N3OCC[C@H]3c3cc(F)cc(C#N)c3)CC2)c1. The summed E-state index contributed by atoms with van der Waals surface area (Å²) in [6, 6.07) is 11.8. The number of anilines is 1. The normalized spacial score (nSPS) is 22.8. The Labute approximate surface area is 185 Å². The lowest BCUT2D eigenvalue weighted by Gasteiger charge is -2.32. The Bertz CT molecular complexity index is 1100. The van der Waals surface area contributed by atoms with Gasteiger partial charge in [-0.15, -0.1) is 0 Å². The average Bonchev–Trinajstić information content (AvgIpc) is 3.28. The van der Waals surface area contributed by atoms with Crippen molar-refractivity contribution in [3.63, 3.8) is 0 Å². The number of nitrogens with one attached hydrogen (secondary N) is 1. The molecule has 2 aromatic carbocycles. The predicted octanol–water partition coefficient (Wildman–Crippen LogP) is 4.58. The quantitative estimate of drug-likeness (QED) is 0.758. The summed E-state index contributed by atoms with van der Waals surface area (Å²) in [4.78, 5) is 18.8. The van der Waals surface area contributed by atoms with Crippen LogP contribution >= 0.6 is 0 Å². The molecule has 1 amide bonds. The molecule has 1 aliphatic heterocycles. The van der Waals surface area contributed by atoms with Crippen molar-refractivity contribution in [1.29, 1.82) is 10.5 Å². The molecule has 2 aromatic rings. The van der Waals surface area contributed by atoms with Gasteiger partial charge in [-0.1, -0.05) is 0 Å². The molecule has 1 aliphatic carbocycles. The van der Waals surface area contributed by atoms with Crippen molar-refractivity contribution in [3.8, 4) is 12.1 Å². The molecule has 0 bridgehead atoms. The van der Waals surface area contributed by atoms with Crippen LogP contribution in [0, 0.1) is 40.2 Å². The van der Waals surface area contributed by atoms with E-state index < -0.39 is 17.7 Å². The van der Waals surface area contributed by atoms with E-state index in [0.717, 1.165) is 6.07 Å². The van der Waals surface area contributed by atoms with Crippen LogP contribution < -0.4 is 5.32 Å². The van der Waals surface area contributed by atoms with Gasteiger partial charge in [-0.05, 0) is 67.6 Å². The molecule has 1 heterocycles. The molecule has 1 N–H and O–H groups in total. The summed E-state index contributed by atoms with van der Waals surface area (Å²) in [5, 5.41) is 22.7. The summed E-state index contributed by atoms with van der Waals surface area (Å²) >= 11 is 0. The lowest BCUT2D eigenvalue weighted by Crippen LogP contribution is -2.38. The minimum atomic E-state index is -0.512. The predicted molar refractivity (Wildman–Crippen MR) is 112 cm³/mol. The Morgan fingerprint density at radius 2 is 1.59 bits per heavy atom. The van der Waals surface area contributed by atoms with Gasteiger partial charge in [0.25, 0.3) is 0 Å². The van der Waals surface area contributed by atoms with Crippen LogP contribution in [-0.4, -0.2) is 23.6 Å².